The molecule has 2 N–H and O–H groups in total. The van der Waals surface area contributed by atoms with E-state index in [0.717, 1.165) is 36.1 Å². The fourth-order valence-corrected chi connectivity index (χ4v) is 6.05. The molecule has 2 heterocycles. The summed E-state index contributed by atoms with van der Waals surface area (Å²) in [6.07, 6.45) is 6.53. The molecule has 5 nitrogen and oxygen atoms in total. The Hall–Kier alpha value is -2.60. The van der Waals surface area contributed by atoms with E-state index in [9.17, 15) is 14.3 Å². The monoisotopic (exact) mass is 437 g/mol. The number of likely N-dealkylation sites (tertiary alicyclic amines) is 1. The van der Waals surface area contributed by atoms with Crippen LogP contribution in [-0.2, 0) is 0 Å². The Bertz CT molecular complexity index is 991. The minimum atomic E-state index is -0.250. The first-order valence-corrected chi connectivity index (χ1v) is 11.9. The van der Waals surface area contributed by atoms with Crippen molar-refractivity contribution in [1.82, 2.24) is 10.2 Å². The summed E-state index contributed by atoms with van der Waals surface area (Å²) in [7, 11) is 2.00. The Morgan fingerprint density at radius 3 is 2.66 bits per heavy atom. The van der Waals surface area contributed by atoms with Crippen LogP contribution in [0, 0.1) is 11.7 Å². The van der Waals surface area contributed by atoms with Crippen LogP contribution in [-0.4, -0.2) is 48.3 Å². The lowest BCUT2D eigenvalue weighted by molar-refractivity contribution is 0.156. The zero-order chi connectivity index (χ0) is 22.2. The lowest BCUT2D eigenvalue weighted by Gasteiger charge is -2.44. The van der Waals surface area contributed by atoms with Crippen molar-refractivity contribution in [2.24, 2.45) is 5.92 Å². The van der Waals surface area contributed by atoms with Gasteiger partial charge in [0, 0.05) is 36.8 Å². The Morgan fingerprint density at radius 2 is 1.91 bits per heavy atom. The molecule has 0 bridgehead atoms. The highest BCUT2D eigenvalue weighted by Gasteiger charge is 2.48. The third-order valence-corrected chi connectivity index (χ3v) is 7.73. The third-order valence-electron chi connectivity index (χ3n) is 7.73. The number of amides is 2. The van der Waals surface area contributed by atoms with Crippen LogP contribution in [0.15, 0.2) is 42.5 Å². The van der Waals surface area contributed by atoms with Gasteiger partial charge in [0.2, 0.25) is 0 Å². The van der Waals surface area contributed by atoms with E-state index in [-0.39, 0.29) is 42.5 Å². The number of aliphatic hydroxyl groups is 1. The topological polar surface area (TPSA) is 55.8 Å². The lowest BCUT2D eigenvalue weighted by Crippen LogP contribution is -2.50. The van der Waals surface area contributed by atoms with Gasteiger partial charge in [0.15, 0.2) is 0 Å². The average Bonchev–Trinajstić information content (AvgIpc) is 3.25. The molecular weight excluding hydrogens is 405 g/mol. The Labute approximate surface area is 189 Å². The van der Waals surface area contributed by atoms with E-state index in [2.05, 4.69) is 10.2 Å². The summed E-state index contributed by atoms with van der Waals surface area (Å²) in [5, 5.41) is 13.5. The zero-order valence-corrected chi connectivity index (χ0v) is 18.6. The molecule has 2 amide bonds. The number of anilines is 1. The van der Waals surface area contributed by atoms with Crippen LogP contribution in [0.2, 0.25) is 0 Å². The molecule has 0 unspecified atom stereocenters. The summed E-state index contributed by atoms with van der Waals surface area (Å²) in [6, 6.07) is 12.9. The first-order chi connectivity index (χ1) is 15.6. The molecule has 6 heteroatoms. The summed E-state index contributed by atoms with van der Waals surface area (Å²) in [5.74, 6) is -0.106. The molecular formula is C26H32FN3O2. The Morgan fingerprint density at radius 1 is 1.12 bits per heavy atom. The highest BCUT2D eigenvalue weighted by molar-refractivity contribution is 5.78. The number of nitrogens with zero attached hydrogens (tertiary/aromatic N) is 2. The number of hydrogen-bond acceptors (Lipinski definition) is 3. The summed E-state index contributed by atoms with van der Waals surface area (Å²) in [4.78, 5) is 17.4. The molecule has 1 aliphatic carbocycles. The number of carbonyl (C=O) groups excluding carboxylic acids is 1. The van der Waals surface area contributed by atoms with Gasteiger partial charge >= 0.3 is 6.03 Å². The Kier molecular flexibility index (Phi) is 5.80. The number of likely N-dealkylation sites (N-methyl/N-ethyl adjacent to an activating group) is 1. The molecule has 2 aromatic carbocycles. The van der Waals surface area contributed by atoms with Crippen molar-refractivity contribution in [3.63, 3.8) is 0 Å². The number of hydrogen-bond donors (Lipinski definition) is 2. The summed E-state index contributed by atoms with van der Waals surface area (Å²) >= 11 is 0. The summed E-state index contributed by atoms with van der Waals surface area (Å²) in [5.41, 5.74) is 3.42. The smallest absolute Gasteiger partial charge is 0.318 e. The van der Waals surface area contributed by atoms with E-state index in [4.69, 9.17) is 0 Å². The molecule has 2 fully saturated rings. The Balaban J connectivity index is 1.51. The lowest BCUT2D eigenvalue weighted by atomic mass is 9.81. The molecule has 1 saturated carbocycles. The zero-order valence-electron chi connectivity index (χ0n) is 18.6. The number of carbonyl (C=O) groups is 1. The molecule has 170 valence electrons. The average molecular weight is 438 g/mol. The SMILES string of the molecule is CN1c2ccc(-c3ccccc3F)cc2[C@H]2[C@H](CCN2C(=O)NC2CCCCC2)[C@H]1CO. The van der Waals surface area contributed by atoms with Gasteiger partial charge in [0.05, 0.1) is 18.7 Å². The van der Waals surface area contributed by atoms with Gasteiger partial charge in [-0.15, -0.1) is 0 Å². The quantitative estimate of drug-likeness (QED) is 0.731. The third kappa shape index (κ3) is 3.64. The normalized spacial score (nSPS) is 25.4. The number of aliphatic hydroxyl groups excluding tert-OH is 1. The standard InChI is InChI=1S/C26H32FN3O2/c1-29-23-12-11-17(19-9-5-6-10-22(19)27)15-21(23)25-20(24(29)16-31)13-14-30(25)26(32)28-18-7-3-2-4-8-18/h5-6,9-12,15,18,20,24-25,31H,2-4,7-8,13-14,16H2,1H3,(H,28,32)/t20-,24-,25-/m1/s1. The van der Waals surface area contributed by atoms with Gasteiger partial charge in [-0.05, 0) is 48.6 Å². The second kappa shape index (κ2) is 8.74. The van der Waals surface area contributed by atoms with Crippen molar-refractivity contribution in [2.45, 2.75) is 56.7 Å². The van der Waals surface area contributed by atoms with Crippen molar-refractivity contribution in [3.8, 4) is 11.1 Å². The maximum absolute atomic E-state index is 14.5. The van der Waals surface area contributed by atoms with Gasteiger partial charge < -0.3 is 20.2 Å². The van der Waals surface area contributed by atoms with Crippen LogP contribution in [0.3, 0.4) is 0 Å². The number of nitrogens with one attached hydrogen (secondary N) is 1. The van der Waals surface area contributed by atoms with Crippen LogP contribution in [0.1, 0.15) is 50.1 Å². The second-order valence-electron chi connectivity index (χ2n) is 9.49. The highest BCUT2D eigenvalue weighted by atomic mass is 19.1. The van der Waals surface area contributed by atoms with Gasteiger partial charge in [-0.3, -0.25) is 0 Å². The molecule has 1 saturated heterocycles. The van der Waals surface area contributed by atoms with Crippen molar-refractivity contribution < 1.29 is 14.3 Å². The van der Waals surface area contributed by atoms with E-state index in [1.807, 2.05) is 36.2 Å². The fourth-order valence-electron chi connectivity index (χ4n) is 6.05. The number of urea groups is 1. The predicted octanol–water partition coefficient (Wildman–Crippen LogP) is 4.71. The van der Waals surface area contributed by atoms with Gasteiger partial charge in [0.1, 0.15) is 5.82 Å². The van der Waals surface area contributed by atoms with Crippen LogP contribution < -0.4 is 10.2 Å². The van der Waals surface area contributed by atoms with Gasteiger partial charge in [-0.1, -0.05) is 43.5 Å². The van der Waals surface area contributed by atoms with E-state index >= 15 is 0 Å². The van der Waals surface area contributed by atoms with Gasteiger partial charge in [0.25, 0.3) is 0 Å². The van der Waals surface area contributed by atoms with Crippen molar-refractivity contribution in [3.05, 3.63) is 53.8 Å². The highest BCUT2D eigenvalue weighted by Crippen LogP contribution is 2.49. The number of rotatable bonds is 3. The van der Waals surface area contributed by atoms with E-state index in [1.165, 1.54) is 25.3 Å². The maximum atomic E-state index is 14.5. The van der Waals surface area contributed by atoms with Crippen molar-refractivity contribution in [2.75, 3.05) is 25.1 Å². The second-order valence-corrected chi connectivity index (χ2v) is 9.49. The number of benzene rings is 2. The molecule has 0 spiro atoms. The van der Waals surface area contributed by atoms with Crippen LogP contribution in [0.25, 0.3) is 11.1 Å². The minimum absolute atomic E-state index is 0.00659. The van der Waals surface area contributed by atoms with Crippen LogP contribution in [0.4, 0.5) is 14.9 Å². The molecule has 0 aromatic heterocycles. The largest absolute Gasteiger partial charge is 0.394 e. The summed E-state index contributed by atoms with van der Waals surface area (Å²) < 4.78 is 14.5. The minimum Gasteiger partial charge on any atom is -0.394 e. The van der Waals surface area contributed by atoms with Crippen LogP contribution >= 0.6 is 0 Å². The molecule has 3 aliphatic rings. The van der Waals surface area contributed by atoms with Crippen molar-refractivity contribution >= 4 is 11.7 Å². The molecule has 0 radical (unpaired) electrons. The first kappa shape index (κ1) is 21.3. The molecule has 3 atom stereocenters. The van der Waals surface area contributed by atoms with E-state index < -0.39 is 0 Å². The molecule has 32 heavy (non-hydrogen) atoms. The fraction of sp³-hybridized carbons (Fsp3) is 0.500. The molecule has 2 aromatic rings. The number of halogens is 1. The predicted molar refractivity (Wildman–Crippen MR) is 124 cm³/mol. The molecule has 2 aliphatic heterocycles. The summed E-state index contributed by atoms with van der Waals surface area (Å²) in [6.45, 7) is 0.714. The van der Waals surface area contributed by atoms with E-state index in [0.29, 0.717) is 12.1 Å². The van der Waals surface area contributed by atoms with Crippen LogP contribution in [0.5, 0.6) is 0 Å². The van der Waals surface area contributed by atoms with Gasteiger partial charge in [-0.2, -0.15) is 0 Å². The van der Waals surface area contributed by atoms with Crippen molar-refractivity contribution in [1.29, 1.82) is 0 Å². The molecule has 5 rings (SSSR count). The van der Waals surface area contributed by atoms with E-state index in [1.54, 1.807) is 12.1 Å². The number of fused-ring (bicyclic) bond motifs is 3. The maximum Gasteiger partial charge on any atom is 0.318 e. The first-order valence-electron chi connectivity index (χ1n) is 11.9. The van der Waals surface area contributed by atoms with Gasteiger partial charge in [-0.25, -0.2) is 9.18 Å².